The normalized spacial score (nSPS) is 17.6. The first-order valence-corrected chi connectivity index (χ1v) is 10.3. The molecule has 27 heavy (non-hydrogen) atoms. The van der Waals surface area contributed by atoms with Gasteiger partial charge in [0.25, 0.3) is 0 Å². The van der Waals surface area contributed by atoms with Gasteiger partial charge in [-0.2, -0.15) is 0 Å². The quantitative estimate of drug-likeness (QED) is 0.500. The Kier molecular flexibility index (Phi) is 5.64. The van der Waals surface area contributed by atoms with Crippen LogP contribution in [0, 0.1) is 5.82 Å². The molecule has 3 nitrogen and oxygen atoms in total. The number of thiazole rings is 1. The second-order valence-electron chi connectivity index (χ2n) is 6.37. The molecule has 1 aliphatic heterocycles. The highest BCUT2D eigenvalue weighted by Gasteiger charge is 2.19. The van der Waals surface area contributed by atoms with E-state index in [4.69, 9.17) is 27.9 Å². The second-order valence-corrected chi connectivity index (χ2v) is 8.05. The van der Waals surface area contributed by atoms with Gasteiger partial charge in [-0.15, -0.1) is 11.3 Å². The summed E-state index contributed by atoms with van der Waals surface area (Å²) < 4.78 is 21.7. The van der Waals surface area contributed by atoms with Gasteiger partial charge in [-0.3, -0.25) is 0 Å². The highest BCUT2D eigenvalue weighted by atomic mass is 35.5. The standard InChI is InChI=1S/C20H17Cl2FN2OS/c21-14-4-1-3-13(9-14)19-12-27-20(25(19)11-16-5-2-8-26-16)24-15-6-7-17(22)18(23)10-15/h1,3-4,6-7,9-10,12,16H,2,5,8,11H2. The number of ether oxygens (including phenoxy) is 1. The molecular weight excluding hydrogens is 406 g/mol. The van der Waals surface area contributed by atoms with Crippen LogP contribution >= 0.6 is 34.5 Å². The summed E-state index contributed by atoms with van der Waals surface area (Å²) >= 11 is 13.5. The van der Waals surface area contributed by atoms with Crippen molar-refractivity contribution in [2.75, 3.05) is 6.61 Å². The number of benzene rings is 2. The molecule has 1 unspecified atom stereocenters. The molecule has 0 aliphatic carbocycles. The average molecular weight is 423 g/mol. The molecule has 7 heteroatoms. The maximum Gasteiger partial charge on any atom is 0.190 e. The average Bonchev–Trinajstić information content (AvgIpc) is 3.29. The molecule has 2 heterocycles. The number of hydrogen-bond acceptors (Lipinski definition) is 3. The van der Waals surface area contributed by atoms with E-state index in [2.05, 4.69) is 9.56 Å². The summed E-state index contributed by atoms with van der Waals surface area (Å²) in [6, 6.07) is 12.3. The van der Waals surface area contributed by atoms with Gasteiger partial charge in [0, 0.05) is 28.6 Å². The molecule has 0 N–H and O–H groups in total. The van der Waals surface area contributed by atoms with Crippen molar-refractivity contribution in [1.29, 1.82) is 0 Å². The van der Waals surface area contributed by atoms with E-state index >= 15 is 0 Å². The van der Waals surface area contributed by atoms with E-state index in [9.17, 15) is 4.39 Å². The van der Waals surface area contributed by atoms with Crippen LogP contribution in [-0.4, -0.2) is 17.3 Å². The van der Waals surface area contributed by atoms with Crippen molar-refractivity contribution in [2.24, 2.45) is 4.99 Å². The van der Waals surface area contributed by atoms with E-state index in [1.807, 2.05) is 29.6 Å². The van der Waals surface area contributed by atoms with Gasteiger partial charge in [0.05, 0.1) is 29.1 Å². The predicted molar refractivity (Wildman–Crippen MR) is 108 cm³/mol. The minimum atomic E-state index is -0.477. The predicted octanol–water partition coefficient (Wildman–Crippen LogP) is 6.07. The van der Waals surface area contributed by atoms with Crippen molar-refractivity contribution in [3.8, 4) is 11.3 Å². The van der Waals surface area contributed by atoms with E-state index in [0.29, 0.717) is 17.3 Å². The molecule has 3 aromatic rings. The van der Waals surface area contributed by atoms with Crippen molar-refractivity contribution in [3.63, 3.8) is 0 Å². The van der Waals surface area contributed by atoms with Crippen molar-refractivity contribution in [3.05, 3.63) is 68.5 Å². The number of rotatable bonds is 4. The molecule has 1 saturated heterocycles. The third kappa shape index (κ3) is 4.27. The Hall–Kier alpha value is -1.66. The Morgan fingerprint density at radius 2 is 2.11 bits per heavy atom. The SMILES string of the molecule is Fc1cc(N=c2scc(-c3cccc(Cl)c3)n2CC2CCCO2)ccc1Cl. The fraction of sp³-hybridized carbons (Fsp3) is 0.250. The van der Waals surface area contributed by atoms with Crippen LogP contribution < -0.4 is 4.80 Å². The van der Waals surface area contributed by atoms with Crippen LogP contribution in [0.5, 0.6) is 0 Å². The Bertz CT molecular complexity index is 1020. The molecule has 4 rings (SSSR count). The van der Waals surface area contributed by atoms with Crippen molar-refractivity contribution in [2.45, 2.75) is 25.5 Å². The maximum atomic E-state index is 13.8. The maximum absolute atomic E-state index is 13.8. The van der Waals surface area contributed by atoms with Crippen LogP contribution in [0.2, 0.25) is 10.0 Å². The summed E-state index contributed by atoms with van der Waals surface area (Å²) in [6.45, 7) is 1.48. The zero-order valence-corrected chi connectivity index (χ0v) is 16.7. The summed E-state index contributed by atoms with van der Waals surface area (Å²) in [7, 11) is 0. The molecule has 1 fully saturated rings. The minimum absolute atomic E-state index is 0.0898. The van der Waals surface area contributed by atoms with Gasteiger partial charge in [0.2, 0.25) is 0 Å². The fourth-order valence-corrected chi connectivity index (χ4v) is 4.38. The molecule has 1 aromatic heterocycles. The monoisotopic (exact) mass is 422 g/mol. The molecule has 0 saturated carbocycles. The first-order valence-electron chi connectivity index (χ1n) is 8.66. The van der Waals surface area contributed by atoms with Gasteiger partial charge in [0.1, 0.15) is 5.82 Å². The summed E-state index contributed by atoms with van der Waals surface area (Å²) in [5, 5.41) is 2.82. The third-order valence-electron chi connectivity index (χ3n) is 4.46. The smallest absolute Gasteiger partial charge is 0.190 e. The summed E-state index contributed by atoms with van der Waals surface area (Å²) in [5.41, 5.74) is 2.56. The lowest BCUT2D eigenvalue weighted by molar-refractivity contribution is 0.0968. The minimum Gasteiger partial charge on any atom is -0.376 e. The molecule has 2 aromatic carbocycles. The van der Waals surface area contributed by atoms with Crippen molar-refractivity contribution >= 4 is 40.2 Å². The highest BCUT2D eigenvalue weighted by molar-refractivity contribution is 7.07. The Morgan fingerprint density at radius 3 is 2.85 bits per heavy atom. The van der Waals surface area contributed by atoms with E-state index in [1.54, 1.807) is 6.07 Å². The molecular formula is C20H17Cl2FN2OS. The highest BCUT2D eigenvalue weighted by Crippen LogP contribution is 2.26. The number of nitrogens with zero attached hydrogens (tertiary/aromatic N) is 2. The summed E-state index contributed by atoms with van der Waals surface area (Å²) in [5.74, 6) is -0.477. The van der Waals surface area contributed by atoms with Crippen molar-refractivity contribution < 1.29 is 9.13 Å². The van der Waals surface area contributed by atoms with Gasteiger partial charge in [-0.1, -0.05) is 35.3 Å². The van der Waals surface area contributed by atoms with E-state index in [1.165, 1.54) is 23.5 Å². The van der Waals surface area contributed by atoms with Gasteiger partial charge < -0.3 is 9.30 Å². The van der Waals surface area contributed by atoms with Gasteiger partial charge in [-0.05, 0) is 37.1 Å². The molecule has 1 aliphatic rings. The molecule has 140 valence electrons. The second kappa shape index (κ2) is 8.15. The Morgan fingerprint density at radius 1 is 1.22 bits per heavy atom. The van der Waals surface area contributed by atoms with Crippen LogP contribution in [0.15, 0.2) is 52.8 Å². The van der Waals surface area contributed by atoms with Gasteiger partial charge >= 0.3 is 0 Å². The number of hydrogen-bond donors (Lipinski definition) is 0. The number of aromatic nitrogens is 1. The van der Waals surface area contributed by atoms with E-state index < -0.39 is 5.82 Å². The number of halogens is 3. The van der Waals surface area contributed by atoms with Gasteiger partial charge in [0.15, 0.2) is 4.80 Å². The molecule has 0 amide bonds. The van der Waals surface area contributed by atoms with Crippen LogP contribution in [0.3, 0.4) is 0 Å². The largest absolute Gasteiger partial charge is 0.376 e. The zero-order valence-electron chi connectivity index (χ0n) is 14.4. The van der Waals surface area contributed by atoms with Crippen LogP contribution in [0.1, 0.15) is 12.8 Å². The van der Waals surface area contributed by atoms with Crippen LogP contribution in [0.4, 0.5) is 10.1 Å². The Balaban J connectivity index is 1.80. The van der Waals surface area contributed by atoms with Crippen LogP contribution in [-0.2, 0) is 11.3 Å². The zero-order chi connectivity index (χ0) is 18.8. The van der Waals surface area contributed by atoms with E-state index in [-0.39, 0.29) is 11.1 Å². The fourth-order valence-electron chi connectivity index (χ4n) is 3.13. The lowest BCUT2D eigenvalue weighted by atomic mass is 10.1. The Labute approximate surface area is 170 Å². The third-order valence-corrected chi connectivity index (χ3v) is 5.86. The molecule has 1 atom stereocenters. The van der Waals surface area contributed by atoms with Gasteiger partial charge in [-0.25, -0.2) is 9.38 Å². The molecule has 0 bridgehead atoms. The van der Waals surface area contributed by atoms with Crippen LogP contribution in [0.25, 0.3) is 11.3 Å². The summed E-state index contributed by atoms with van der Waals surface area (Å²) in [6.07, 6.45) is 2.24. The van der Waals surface area contributed by atoms with E-state index in [0.717, 1.165) is 35.5 Å². The lowest BCUT2D eigenvalue weighted by Crippen LogP contribution is -2.24. The van der Waals surface area contributed by atoms with Crippen molar-refractivity contribution in [1.82, 2.24) is 4.57 Å². The topological polar surface area (TPSA) is 26.5 Å². The first-order chi connectivity index (χ1) is 13.1. The first kappa shape index (κ1) is 18.7. The molecule has 0 spiro atoms. The molecule has 0 radical (unpaired) electrons. The lowest BCUT2D eigenvalue weighted by Gasteiger charge is -2.14. The summed E-state index contributed by atoms with van der Waals surface area (Å²) in [4.78, 5) is 5.43.